The number of aromatic amines is 1. The van der Waals surface area contributed by atoms with E-state index in [2.05, 4.69) is 4.98 Å². The van der Waals surface area contributed by atoms with E-state index < -0.39 is 5.97 Å². The van der Waals surface area contributed by atoms with Crippen LogP contribution in [0.2, 0.25) is 8.67 Å². The molecule has 0 aliphatic rings. The molecular weight excluding hydrogens is 257 g/mol. The van der Waals surface area contributed by atoms with Crippen LogP contribution in [0.15, 0.2) is 18.5 Å². The molecule has 0 atom stereocenters. The van der Waals surface area contributed by atoms with Crippen LogP contribution in [0, 0.1) is 0 Å². The van der Waals surface area contributed by atoms with E-state index in [0.717, 1.165) is 0 Å². The Kier molecular flexibility index (Phi) is 2.73. The highest BCUT2D eigenvalue weighted by Crippen LogP contribution is 2.39. The quantitative estimate of drug-likeness (QED) is 0.865. The second-order valence-electron chi connectivity index (χ2n) is 2.83. The van der Waals surface area contributed by atoms with Crippen molar-refractivity contribution in [1.29, 1.82) is 0 Å². The fraction of sp³-hybridized carbons (Fsp3) is 0. The van der Waals surface area contributed by atoms with Crippen LogP contribution in [0.4, 0.5) is 0 Å². The summed E-state index contributed by atoms with van der Waals surface area (Å²) >= 11 is 12.9. The average Bonchev–Trinajstić information content (AvgIpc) is 2.71. The summed E-state index contributed by atoms with van der Waals surface area (Å²) in [6.07, 6.45) is 3.01. The standard InChI is InChI=1S/C9H5Cl2NO2S/c10-7-1-4(8(11)15-7)5-2-12-3-6(5)9(13)14/h1-3,12H,(H,13,14). The molecule has 0 spiro atoms. The van der Waals surface area contributed by atoms with E-state index in [1.165, 1.54) is 17.5 Å². The zero-order chi connectivity index (χ0) is 11.0. The van der Waals surface area contributed by atoms with Crippen LogP contribution < -0.4 is 0 Å². The Balaban J connectivity index is 2.58. The molecule has 15 heavy (non-hydrogen) atoms. The maximum absolute atomic E-state index is 10.9. The lowest BCUT2D eigenvalue weighted by Gasteiger charge is -1.96. The van der Waals surface area contributed by atoms with Crippen LogP contribution >= 0.6 is 34.5 Å². The SMILES string of the molecule is O=C(O)c1c[nH]cc1-c1cc(Cl)sc1Cl. The number of carboxylic acid groups (broad SMARTS) is 1. The Morgan fingerprint density at radius 3 is 2.60 bits per heavy atom. The first kappa shape index (κ1) is 10.5. The predicted molar refractivity (Wildman–Crippen MR) is 61.1 cm³/mol. The van der Waals surface area contributed by atoms with E-state index in [9.17, 15) is 4.79 Å². The number of thiophene rings is 1. The van der Waals surface area contributed by atoms with Gasteiger partial charge in [-0.25, -0.2) is 4.79 Å². The van der Waals surface area contributed by atoms with Crippen LogP contribution in [0.5, 0.6) is 0 Å². The van der Waals surface area contributed by atoms with Crippen molar-refractivity contribution in [2.45, 2.75) is 0 Å². The molecule has 0 fully saturated rings. The van der Waals surface area contributed by atoms with Crippen LogP contribution in [-0.2, 0) is 0 Å². The number of aromatic nitrogens is 1. The first-order valence-electron chi connectivity index (χ1n) is 3.95. The summed E-state index contributed by atoms with van der Waals surface area (Å²) in [6.45, 7) is 0. The molecule has 6 heteroatoms. The third-order valence-electron chi connectivity index (χ3n) is 1.92. The molecule has 0 saturated carbocycles. The summed E-state index contributed by atoms with van der Waals surface area (Å²) in [5.74, 6) is -0.996. The minimum Gasteiger partial charge on any atom is -0.478 e. The van der Waals surface area contributed by atoms with Gasteiger partial charge in [0.1, 0.15) is 4.34 Å². The molecule has 0 aromatic carbocycles. The molecule has 3 nitrogen and oxygen atoms in total. The Morgan fingerprint density at radius 2 is 2.07 bits per heavy atom. The molecule has 0 aliphatic heterocycles. The maximum atomic E-state index is 10.9. The Morgan fingerprint density at radius 1 is 1.33 bits per heavy atom. The molecule has 0 radical (unpaired) electrons. The van der Waals surface area contributed by atoms with Crippen molar-refractivity contribution in [1.82, 2.24) is 4.98 Å². The number of rotatable bonds is 2. The largest absolute Gasteiger partial charge is 0.478 e. The molecule has 2 N–H and O–H groups in total. The smallest absolute Gasteiger partial charge is 0.337 e. The van der Waals surface area contributed by atoms with Gasteiger partial charge in [0.05, 0.1) is 9.90 Å². The summed E-state index contributed by atoms with van der Waals surface area (Å²) in [5, 5.41) is 8.92. The van der Waals surface area contributed by atoms with Gasteiger partial charge in [0.25, 0.3) is 0 Å². The van der Waals surface area contributed by atoms with E-state index in [-0.39, 0.29) is 5.56 Å². The number of hydrogen-bond acceptors (Lipinski definition) is 2. The van der Waals surface area contributed by atoms with E-state index in [4.69, 9.17) is 28.3 Å². The number of carboxylic acids is 1. The Labute approximate surface area is 99.3 Å². The summed E-state index contributed by atoms with van der Waals surface area (Å²) < 4.78 is 1.02. The van der Waals surface area contributed by atoms with Crippen molar-refractivity contribution in [2.75, 3.05) is 0 Å². The highest BCUT2D eigenvalue weighted by Gasteiger charge is 2.16. The molecule has 2 heterocycles. The van der Waals surface area contributed by atoms with E-state index in [1.54, 1.807) is 12.3 Å². The first-order chi connectivity index (χ1) is 7.09. The number of aromatic carboxylic acids is 1. The maximum Gasteiger partial charge on any atom is 0.337 e. The molecule has 0 amide bonds. The molecule has 0 unspecified atom stereocenters. The second kappa shape index (κ2) is 3.89. The third kappa shape index (κ3) is 1.88. The minimum absolute atomic E-state index is 0.186. The van der Waals surface area contributed by atoms with Crippen LogP contribution in [-0.4, -0.2) is 16.1 Å². The van der Waals surface area contributed by atoms with Gasteiger partial charge in [0.15, 0.2) is 0 Å². The van der Waals surface area contributed by atoms with Gasteiger partial charge in [-0.15, -0.1) is 11.3 Å². The zero-order valence-electron chi connectivity index (χ0n) is 7.25. The van der Waals surface area contributed by atoms with Gasteiger partial charge in [-0.3, -0.25) is 0 Å². The normalized spacial score (nSPS) is 10.5. The molecule has 2 aromatic heterocycles. The highest BCUT2D eigenvalue weighted by molar-refractivity contribution is 7.20. The summed E-state index contributed by atoms with van der Waals surface area (Å²) in [5.41, 5.74) is 1.38. The van der Waals surface area contributed by atoms with Crippen molar-refractivity contribution >= 4 is 40.5 Å². The highest BCUT2D eigenvalue weighted by atomic mass is 35.5. The summed E-state index contributed by atoms with van der Waals surface area (Å²) in [7, 11) is 0. The lowest BCUT2D eigenvalue weighted by Crippen LogP contribution is -1.95. The van der Waals surface area contributed by atoms with Crippen LogP contribution in [0.1, 0.15) is 10.4 Å². The van der Waals surface area contributed by atoms with Crippen molar-refractivity contribution in [3.8, 4) is 11.1 Å². The molecule has 0 bridgehead atoms. The fourth-order valence-corrected chi connectivity index (χ4v) is 2.78. The van der Waals surface area contributed by atoms with Crippen molar-refractivity contribution in [3.63, 3.8) is 0 Å². The zero-order valence-corrected chi connectivity index (χ0v) is 9.58. The number of halogens is 2. The van der Waals surface area contributed by atoms with Crippen molar-refractivity contribution in [2.24, 2.45) is 0 Å². The monoisotopic (exact) mass is 261 g/mol. The van der Waals surface area contributed by atoms with E-state index in [1.807, 2.05) is 0 Å². The molecule has 0 saturated heterocycles. The molecule has 78 valence electrons. The number of nitrogens with one attached hydrogen (secondary N) is 1. The minimum atomic E-state index is -0.996. The molecule has 2 aromatic rings. The van der Waals surface area contributed by atoms with Gasteiger partial charge in [-0.05, 0) is 6.07 Å². The van der Waals surface area contributed by atoms with E-state index in [0.29, 0.717) is 19.8 Å². The van der Waals surface area contributed by atoms with Crippen molar-refractivity contribution < 1.29 is 9.90 Å². The number of H-pyrrole nitrogens is 1. The van der Waals surface area contributed by atoms with Gasteiger partial charge < -0.3 is 10.1 Å². The Hall–Kier alpha value is -0.970. The predicted octanol–water partition coefficient (Wildman–Crippen LogP) is 3.75. The lowest BCUT2D eigenvalue weighted by molar-refractivity contribution is 0.0698. The van der Waals surface area contributed by atoms with Gasteiger partial charge in [-0.1, -0.05) is 23.2 Å². The molecular formula is C9H5Cl2NO2S. The van der Waals surface area contributed by atoms with Gasteiger partial charge in [0, 0.05) is 23.5 Å². The van der Waals surface area contributed by atoms with Gasteiger partial charge in [0.2, 0.25) is 0 Å². The van der Waals surface area contributed by atoms with Crippen LogP contribution in [0.25, 0.3) is 11.1 Å². The number of hydrogen-bond donors (Lipinski definition) is 2. The van der Waals surface area contributed by atoms with E-state index >= 15 is 0 Å². The van der Waals surface area contributed by atoms with Crippen LogP contribution in [0.3, 0.4) is 0 Å². The Bertz CT molecular complexity index is 518. The average molecular weight is 262 g/mol. The van der Waals surface area contributed by atoms with Gasteiger partial charge >= 0.3 is 5.97 Å². The topological polar surface area (TPSA) is 53.1 Å². The summed E-state index contributed by atoms with van der Waals surface area (Å²) in [6, 6.07) is 1.66. The third-order valence-corrected chi connectivity index (χ3v) is 3.41. The molecule has 0 aliphatic carbocycles. The first-order valence-corrected chi connectivity index (χ1v) is 5.52. The summed E-state index contributed by atoms with van der Waals surface area (Å²) in [4.78, 5) is 13.6. The second-order valence-corrected chi connectivity index (χ2v) is 5.11. The van der Waals surface area contributed by atoms with Gasteiger partial charge in [-0.2, -0.15) is 0 Å². The molecule has 2 rings (SSSR count). The number of carbonyl (C=O) groups is 1. The fourth-order valence-electron chi connectivity index (χ4n) is 1.29. The van der Waals surface area contributed by atoms with Crippen molar-refractivity contribution in [3.05, 3.63) is 32.7 Å². The lowest BCUT2D eigenvalue weighted by atomic mass is 10.1.